The largest absolute Gasteiger partial charge is 0.399 e. The van der Waals surface area contributed by atoms with Crippen LogP contribution in [-0.4, -0.2) is 55.3 Å². The third-order valence-corrected chi connectivity index (χ3v) is 4.46. The molecule has 1 heterocycles. The van der Waals surface area contributed by atoms with Gasteiger partial charge in [0, 0.05) is 36.8 Å². The summed E-state index contributed by atoms with van der Waals surface area (Å²) in [5.74, 6) is 1.19. The van der Waals surface area contributed by atoms with Crippen LogP contribution in [0.2, 0.25) is 0 Å². The van der Waals surface area contributed by atoms with Gasteiger partial charge in [-0.2, -0.15) is 0 Å². The van der Waals surface area contributed by atoms with E-state index in [0.717, 1.165) is 5.69 Å². The zero-order valence-corrected chi connectivity index (χ0v) is 12.0. The highest BCUT2D eigenvalue weighted by Gasteiger charge is 2.12. The number of hydrogen-bond donors (Lipinski definition) is 1. The van der Waals surface area contributed by atoms with Crippen molar-refractivity contribution in [3.63, 3.8) is 0 Å². The number of likely N-dealkylation sites (N-methyl/N-ethyl adjacent to an activating group) is 1. The molecule has 0 bridgehead atoms. The van der Waals surface area contributed by atoms with E-state index in [1.807, 2.05) is 23.9 Å². The third-order valence-electron chi connectivity index (χ3n) is 3.36. The van der Waals surface area contributed by atoms with Gasteiger partial charge >= 0.3 is 0 Å². The van der Waals surface area contributed by atoms with Gasteiger partial charge in [-0.15, -0.1) is 11.8 Å². The lowest BCUT2D eigenvalue weighted by Crippen LogP contribution is -2.44. The molecule has 1 aromatic carbocycles. The average Bonchev–Trinajstić information content (AvgIpc) is 2.39. The van der Waals surface area contributed by atoms with Crippen LogP contribution in [0.3, 0.4) is 0 Å². The van der Waals surface area contributed by atoms with Crippen molar-refractivity contribution < 1.29 is 0 Å². The SMILES string of the molecule is CN1CCN(CCCSc2ccc(N)cc2)CC1. The van der Waals surface area contributed by atoms with Crippen molar-refractivity contribution in [2.45, 2.75) is 11.3 Å². The van der Waals surface area contributed by atoms with Crippen molar-refractivity contribution in [3.05, 3.63) is 24.3 Å². The molecule has 0 aliphatic carbocycles. The van der Waals surface area contributed by atoms with Gasteiger partial charge in [-0.3, -0.25) is 0 Å². The maximum Gasteiger partial charge on any atom is 0.0314 e. The second kappa shape index (κ2) is 7.02. The molecule has 0 unspecified atom stereocenters. The third kappa shape index (κ3) is 4.52. The normalized spacial score (nSPS) is 18.1. The lowest BCUT2D eigenvalue weighted by Gasteiger charge is -2.32. The molecule has 0 spiro atoms. The number of anilines is 1. The smallest absolute Gasteiger partial charge is 0.0314 e. The molecule has 100 valence electrons. The maximum atomic E-state index is 5.67. The number of hydrogen-bond acceptors (Lipinski definition) is 4. The highest BCUT2D eigenvalue weighted by atomic mass is 32.2. The predicted octanol–water partition coefficient (Wildman–Crippen LogP) is 2.00. The minimum absolute atomic E-state index is 0.844. The molecule has 0 saturated carbocycles. The molecule has 4 heteroatoms. The number of nitrogen functional groups attached to an aromatic ring is 1. The van der Waals surface area contributed by atoms with Crippen LogP contribution in [0.5, 0.6) is 0 Å². The summed E-state index contributed by atoms with van der Waals surface area (Å²) in [4.78, 5) is 6.30. The Morgan fingerprint density at radius 2 is 1.78 bits per heavy atom. The molecule has 0 amide bonds. The van der Waals surface area contributed by atoms with E-state index in [0.29, 0.717) is 0 Å². The summed E-state index contributed by atoms with van der Waals surface area (Å²) >= 11 is 1.93. The van der Waals surface area contributed by atoms with E-state index < -0.39 is 0 Å². The monoisotopic (exact) mass is 265 g/mol. The summed E-state index contributed by atoms with van der Waals surface area (Å²) in [5, 5.41) is 0. The molecule has 1 aliphatic rings. The molecule has 2 N–H and O–H groups in total. The fourth-order valence-corrected chi connectivity index (χ4v) is 2.95. The number of thioether (sulfide) groups is 1. The maximum absolute atomic E-state index is 5.67. The van der Waals surface area contributed by atoms with E-state index in [9.17, 15) is 0 Å². The summed E-state index contributed by atoms with van der Waals surface area (Å²) in [5.41, 5.74) is 6.51. The molecule has 0 aromatic heterocycles. The second-order valence-electron chi connectivity index (χ2n) is 4.92. The zero-order valence-electron chi connectivity index (χ0n) is 11.1. The molecule has 1 aromatic rings. The van der Waals surface area contributed by atoms with E-state index >= 15 is 0 Å². The van der Waals surface area contributed by atoms with Gasteiger partial charge in [0.1, 0.15) is 0 Å². The van der Waals surface area contributed by atoms with E-state index in [4.69, 9.17) is 5.73 Å². The number of benzene rings is 1. The summed E-state index contributed by atoms with van der Waals surface area (Å²) in [7, 11) is 2.20. The van der Waals surface area contributed by atoms with Crippen molar-refractivity contribution in [2.24, 2.45) is 0 Å². The Labute approximate surface area is 114 Å². The van der Waals surface area contributed by atoms with Crippen LogP contribution in [0.25, 0.3) is 0 Å². The van der Waals surface area contributed by atoms with Gasteiger partial charge in [0.25, 0.3) is 0 Å². The molecule has 1 saturated heterocycles. The Hall–Kier alpha value is -0.710. The Morgan fingerprint density at radius 3 is 2.44 bits per heavy atom. The number of nitrogens with two attached hydrogens (primary N) is 1. The van der Waals surface area contributed by atoms with Crippen LogP contribution in [0.1, 0.15) is 6.42 Å². The topological polar surface area (TPSA) is 32.5 Å². The quantitative estimate of drug-likeness (QED) is 0.501. The number of nitrogens with zero attached hydrogens (tertiary/aromatic N) is 2. The lowest BCUT2D eigenvalue weighted by molar-refractivity contribution is 0.154. The first-order chi connectivity index (χ1) is 8.74. The van der Waals surface area contributed by atoms with Crippen molar-refractivity contribution in [1.29, 1.82) is 0 Å². The average molecular weight is 265 g/mol. The Bertz CT molecular complexity index is 345. The van der Waals surface area contributed by atoms with Gasteiger partial charge in [-0.1, -0.05) is 0 Å². The van der Waals surface area contributed by atoms with Gasteiger partial charge in [-0.05, 0) is 50.0 Å². The molecule has 0 atom stereocenters. The van der Waals surface area contributed by atoms with Crippen LogP contribution in [0.4, 0.5) is 5.69 Å². The van der Waals surface area contributed by atoms with Crippen molar-refractivity contribution >= 4 is 17.4 Å². The fourth-order valence-electron chi connectivity index (χ4n) is 2.11. The van der Waals surface area contributed by atoms with Gasteiger partial charge in [0.15, 0.2) is 0 Å². The summed E-state index contributed by atoms with van der Waals surface area (Å²) in [6, 6.07) is 8.16. The molecule has 18 heavy (non-hydrogen) atoms. The molecular formula is C14H23N3S. The first kappa shape index (κ1) is 13.7. The van der Waals surface area contributed by atoms with Crippen LogP contribution >= 0.6 is 11.8 Å². The summed E-state index contributed by atoms with van der Waals surface area (Å²) < 4.78 is 0. The molecule has 3 nitrogen and oxygen atoms in total. The van der Waals surface area contributed by atoms with Crippen LogP contribution < -0.4 is 5.73 Å². The van der Waals surface area contributed by atoms with Crippen LogP contribution in [0, 0.1) is 0 Å². The first-order valence-corrected chi connectivity index (χ1v) is 7.62. The molecule has 1 aliphatic heterocycles. The van der Waals surface area contributed by atoms with Crippen molar-refractivity contribution in [1.82, 2.24) is 9.80 Å². The van der Waals surface area contributed by atoms with Crippen LogP contribution in [0.15, 0.2) is 29.2 Å². The van der Waals surface area contributed by atoms with E-state index in [2.05, 4.69) is 29.0 Å². The summed E-state index contributed by atoms with van der Waals surface area (Å²) in [6.45, 7) is 6.11. The molecule has 0 radical (unpaired) electrons. The Balaban J connectivity index is 1.60. The van der Waals surface area contributed by atoms with Crippen molar-refractivity contribution in [3.8, 4) is 0 Å². The van der Waals surface area contributed by atoms with Crippen LogP contribution in [-0.2, 0) is 0 Å². The standard InChI is InChI=1S/C14H23N3S/c1-16-8-10-17(11-9-16)7-2-12-18-14-5-3-13(15)4-6-14/h3-6H,2,7-12,15H2,1H3. The Kier molecular flexibility index (Phi) is 5.35. The minimum atomic E-state index is 0.844. The number of rotatable bonds is 5. The lowest BCUT2D eigenvalue weighted by atomic mass is 10.3. The highest BCUT2D eigenvalue weighted by Crippen LogP contribution is 2.20. The first-order valence-electron chi connectivity index (χ1n) is 6.63. The highest BCUT2D eigenvalue weighted by molar-refractivity contribution is 7.99. The Morgan fingerprint density at radius 1 is 1.11 bits per heavy atom. The van der Waals surface area contributed by atoms with Gasteiger partial charge in [0.2, 0.25) is 0 Å². The van der Waals surface area contributed by atoms with E-state index in [-0.39, 0.29) is 0 Å². The van der Waals surface area contributed by atoms with E-state index in [1.165, 1.54) is 49.8 Å². The fraction of sp³-hybridized carbons (Fsp3) is 0.571. The zero-order chi connectivity index (χ0) is 12.8. The summed E-state index contributed by atoms with van der Waals surface area (Å²) in [6.07, 6.45) is 1.26. The van der Waals surface area contributed by atoms with Crippen molar-refractivity contribution in [2.75, 3.05) is 51.3 Å². The molecule has 2 rings (SSSR count). The van der Waals surface area contributed by atoms with Gasteiger partial charge < -0.3 is 15.5 Å². The second-order valence-corrected chi connectivity index (χ2v) is 6.08. The van der Waals surface area contributed by atoms with Gasteiger partial charge in [0.05, 0.1) is 0 Å². The predicted molar refractivity (Wildman–Crippen MR) is 80.1 cm³/mol. The molecular weight excluding hydrogens is 242 g/mol. The van der Waals surface area contributed by atoms with E-state index in [1.54, 1.807) is 0 Å². The number of piperazine rings is 1. The minimum Gasteiger partial charge on any atom is -0.399 e. The van der Waals surface area contributed by atoms with Gasteiger partial charge in [-0.25, -0.2) is 0 Å². The molecule has 1 fully saturated rings.